The van der Waals surface area contributed by atoms with E-state index in [0.29, 0.717) is 63.0 Å². The lowest BCUT2D eigenvalue weighted by atomic mass is 9.71. The Hall–Kier alpha value is -5.25. The number of halogens is 2. The second-order valence-corrected chi connectivity index (χ2v) is 14.7. The highest BCUT2D eigenvalue weighted by atomic mass is 19.1. The minimum Gasteiger partial charge on any atom is -0.465 e. The van der Waals surface area contributed by atoms with Crippen LogP contribution in [0.1, 0.15) is 73.9 Å². The number of piperidine rings is 2. The fourth-order valence-corrected chi connectivity index (χ4v) is 8.61. The van der Waals surface area contributed by atoms with Gasteiger partial charge in [-0.05, 0) is 86.1 Å². The Morgan fingerprint density at radius 1 is 0.571 bits per heavy atom. The molecule has 4 aromatic rings. The van der Waals surface area contributed by atoms with Crippen LogP contribution in [-0.2, 0) is 34.7 Å². The van der Waals surface area contributed by atoms with Crippen molar-refractivity contribution in [3.8, 4) is 0 Å². The first-order valence-corrected chi connectivity index (χ1v) is 19.4. The number of Topliss-reactive ketones (excluding diaryl/α,β-unsaturated/α-hetero) is 1. The molecule has 0 aromatic heterocycles. The van der Waals surface area contributed by atoms with Crippen LogP contribution in [0.15, 0.2) is 133 Å². The molecule has 4 aromatic carbocycles. The maximum Gasteiger partial charge on any atom is 0.316 e. The Balaban J connectivity index is 1.30. The summed E-state index contributed by atoms with van der Waals surface area (Å²) in [5.74, 6) is -1.75. The maximum atomic E-state index is 14.8. The lowest BCUT2D eigenvalue weighted by molar-refractivity contribution is -0.153. The first-order valence-electron chi connectivity index (χ1n) is 19.4. The van der Waals surface area contributed by atoms with E-state index < -0.39 is 34.5 Å². The molecule has 2 aliphatic heterocycles. The van der Waals surface area contributed by atoms with Crippen molar-refractivity contribution < 1.29 is 32.6 Å². The average molecular weight is 761 g/mol. The number of hydrogen-bond acceptors (Lipinski definition) is 7. The quantitative estimate of drug-likeness (QED) is 0.0942. The minimum atomic E-state index is -0.865. The number of likely N-dealkylation sites (tertiary alicyclic amines) is 2. The van der Waals surface area contributed by atoms with Crippen molar-refractivity contribution in [2.75, 3.05) is 39.4 Å². The van der Waals surface area contributed by atoms with Gasteiger partial charge >= 0.3 is 11.9 Å². The van der Waals surface area contributed by atoms with E-state index in [9.17, 15) is 23.2 Å². The predicted octanol–water partition coefficient (Wildman–Crippen LogP) is 8.62. The molecule has 0 aliphatic carbocycles. The largest absolute Gasteiger partial charge is 0.465 e. The van der Waals surface area contributed by atoms with Crippen molar-refractivity contribution in [3.05, 3.63) is 167 Å². The third-order valence-electron chi connectivity index (χ3n) is 11.6. The van der Waals surface area contributed by atoms with Crippen LogP contribution >= 0.6 is 0 Å². The van der Waals surface area contributed by atoms with Gasteiger partial charge in [-0.2, -0.15) is 0 Å². The Labute approximate surface area is 328 Å². The number of nitrogens with zero attached hydrogens (tertiary/aromatic N) is 2. The molecule has 292 valence electrons. The fourth-order valence-electron chi connectivity index (χ4n) is 8.61. The zero-order valence-electron chi connectivity index (χ0n) is 32.2. The van der Waals surface area contributed by atoms with Crippen LogP contribution in [0.2, 0.25) is 0 Å². The molecule has 2 aliphatic rings. The smallest absolute Gasteiger partial charge is 0.316 e. The van der Waals surface area contributed by atoms with E-state index in [1.54, 1.807) is 38.1 Å². The van der Waals surface area contributed by atoms with Gasteiger partial charge in [0.1, 0.15) is 11.6 Å². The number of ether oxygens (including phenoxy) is 2. The van der Waals surface area contributed by atoms with Crippen LogP contribution in [0.4, 0.5) is 8.78 Å². The maximum absolute atomic E-state index is 14.8. The van der Waals surface area contributed by atoms with Gasteiger partial charge in [0, 0.05) is 37.3 Å². The zero-order valence-corrected chi connectivity index (χ0v) is 32.2. The summed E-state index contributed by atoms with van der Waals surface area (Å²) in [6, 6.07) is 30.0. The second kappa shape index (κ2) is 17.7. The Kier molecular flexibility index (Phi) is 12.8. The normalized spacial score (nSPS) is 17.9. The summed E-state index contributed by atoms with van der Waals surface area (Å²) in [6.45, 7) is 14.6. The highest BCUT2D eigenvalue weighted by molar-refractivity contribution is 6.09. The van der Waals surface area contributed by atoms with E-state index in [-0.39, 0.29) is 42.1 Å². The molecule has 2 heterocycles. The molecule has 0 saturated carbocycles. The third-order valence-corrected chi connectivity index (χ3v) is 11.6. The van der Waals surface area contributed by atoms with E-state index in [1.807, 2.05) is 60.7 Å². The van der Waals surface area contributed by atoms with Gasteiger partial charge in [-0.3, -0.25) is 24.2 Å². The number of esters is 2. The molecule has 6 rings (SSSR count). The van der Waals surface area contributed by atoms with Crippen LogP contribution in [0, 0.1) is 11.6 Å². The lowest BCUT2D eigenvalue weighted by Gasteiger charge is -2.45. The van der Waals surface area contributed by atoms with Gasteiger partial charge in [0.15, 0.2) is 5.78 Å². The van der Waals surface area contributed by atoms with Gasteiger partial charge in [0.05, 0.1) is 36.1 Å². The summed E-state index contributed by atoms with van der Waals surface area (Å²) in [5, 5.41) is 0. The summed E-state index contributed by atoms with van der Waals surface area (Å²) < 4.78 is 39.8. The van der Waals surface area contributed by atoms with Gasteiger partial charge in [0.25, 0.3) is 0 Å². The van der Waals surface area contributed by atoms with E-state index in [4.69, 9.17) is 9.47 Å². The molecule has 2 atom stereocenters. The van der Waals surface area contributed by atoms with Gasteiger partial charge in [-0.15, -0.1) is 0 Å². The Morgan fingerprint density at radius 3 is 1.20 bits per heavy atom. The molecule has 2 fully saturated rings. The molecule has 0 spiro atoms. The van der Waals surface area contributed by atoms with E-state index in [1.165, 1.54) is 24.3 Å². The minimum absolute atomic E-state index is 0.249. The fraction of sp³-hybridized carbons (Fsp3) is 0.340. The highest BCUT2D eigenvalue weighted by Gasteiger charge is 2.48. The van der Waals surface area contributed by atoms with Crippen molar-refractivity contribution in [3.63, 3.8) is 0 Å². The standard InChI is InChI=1S/C47H50F2N2O5/c1-5-55-44(53)46(37-13-9-7-10-14-37)25-29-50(30-26-46)41(35-17-21-39(48)22-18-35)33(3)43(52)34(4)42(36-19-23-40(49)24-20-36)51-31-27-47(28-32-51,45(54)56-6-2)38-15-11-8-12-16-38/h7-24,41-42H,3-6,25-32H2,1-2H3. The molecule has 0 N–H and O–H groups in total. The van der Waals surface area contributed by atoms with Crippen LogP contribution in [0.5, 0.6) is 0 Å². The summed E-state index contributed by atoms with van der Waals surface area (Å²) in [6.07, 6.45) is 1.74. The molecule has 9 heteroatoms. The predicted molar refractivity (Wildman–Crippen MR) is 213 cm³/mol. The van der Waals surface area contributed by atoms with Gasteiger partial charge < -0.3 is 9.47 Å². The van der Waals surface area contributed by atoms with Crippen LogP contribution in [0.3, 0.4) is 0 Å². The van der Waals surface area contributed by atoms with E-state index in [0.717, 1.165) is 11.1 Å². The summed E-state index contributed by atoms with van der Waals surface area (Å²) in [5.41, 5.74) is 1.88. The van der Waals surface area contributed by atoms with Crippen LogP contribution < -0.4 is 0 Å². The summed E-state index contributed by atoms with van der Waals surface area (Å²) in [7, 11) is 0. The second-order valence-electron chi connectivity index (χ2n) is 14.7. The number of ketones is 1. The van der Waals surface area contributed by atoms with Crippen molar-refractivity contribution in [2.45, 2.75) is 62.4 Å². The third kappa shape index (κ3) is 8.15. The summed E-state index contributed by atoms with van der Waals surface area (Å²) in [4.78, 5) is 46.2. The average Bonchev–Trinajstić information content (AvgIpc) is 3.23. The molecule has 7 nitrogen and oxygen atoms in total. The van der Waals surface area contributed by atoms with Crippen LogP contribution in [-0.4, -0.2) is 66.9 Å². The molecule has 56 heavy (non-hydrogen) atoms. The van der Waals surface area contributed by atoms with Crippen molar-refractivity contribution in [1.82, 2.24) is 9.80 Å². The first kappa shape index (κ1) is 40.4. The highest BCUT2D eigenvalue weighted by Crippen LogP contribution is 2.44. The topological polar surface area (TPSA) is 76.2 Å². The van der Waals surface area contributed by atoms with E-state index >= 15 is 0 Å². The first-order chi connectivity index (χ1) is 27.0. The SMILES string of the molecule is C=C(C(=O)C(=C)C(c1ccc(F)cc1)N1CCC(C(=O)OCC)(c2ccccc2)CC1)C(c1ccc(F)cc1)N1CCC(C(=O)OCC)(c2ccccc2)CC1. The molecule has 2 unspecified atom stereocenters. The molecular formula is C47H50F2N2O5. The molecule has 0 radical (unpaired) electrons. The van der Waals surface area contributed by atoms with Gasteiger partial charge in [0.2, 0.25) is 0 Å². The molecule has 2 saturated heterocycles. The van der Waals surface area contributed by atoms with E-state index in [2.05, 4.69) is 23.0 Å². The number of rotatable bonds is 14. The number of carbonyl (C=O) groups is 3. The van der Waals surface area contributed by atoms with Crippen LogP contribution in [0.25, 0.3) is 0 Å². The Bertz CT molecular complexity index is 1860. The van der Waals surface area contributed by atoms with Gasteiger partial charge in [-0.25, -0.2) is 8.78 Å². The summed E-state index contributed by atoms with van der Waals surface area (Å²) >= 11 is 0. The zero-order chi connectivity index (χ0) is 39.9. The van der Waals surface area contributed by atoms with Gasteiger partial charge in [-0.1, -0.05) is 98.1 Å². The number of carbonyl (C=O) groups excluding carboxylic acids is 3. The van der Waals surface area contributed by atoms with Crippen molar-refractivity contribution >= 4 is 17.7 Å². The monoisotopic (exact) mass is 760 g/mol. The Morgan fingerprint density at radius 2 is 0.893 bits per heavy atom. The number of hydrogen-bond donors (Lipinski definition) is 0. The lowest BCUT2D eigenvalue weighted by Crippen LogP contribution is -2.50. The molecular weight excluding hydrogens is 711 g/mol. The molecule has 0 bridgehead atoms. The molecule has 0 amide bonds. The number of benzene rings is 4. The van der Waals surface area contributed by atoms with Crippen molar-refractivity contribution in [1.29, 1.82) is 0 Å². The van der Waals surface area contributed by atoms with Crippen molar-refractivity contribution in [2.24, 2.45) is 0 Å².